The van der Waals surface area contributed by atoms with Crippen LogP contribution in [0, 0.1) is 13.8 Å². The monoisotopic (exact) mass is 475 g/mol. The van der Waals surface area contributed by atoms with Crippen LogP contribution in [0.3, 0.4) is 0 Å². The Labute approximate surface area is 196 Å². The van der Waals surface area contributed by atoms with Crippen LogP contribution in [0.15, 0.2) is 41.3 Å². The van der Waals surface area contributed by atoms with Gasteiger partial charge in [0.1, 0.15) is 5.75 Å². The van der Waals surface area contributed by atoms with Gasteiger partial charge in [-0.15, -0.1) is 0 Å². The van der Waals surface area contributed by atoms with Crippen molar-refractivity contribution in [3.8, 4) is 5.75 Å². The molecule has 0 unspecified atom stereocenters. The van der Waals surface area contributed by atoms with Crippen molar-refractivity contribution in [1.29, 1.82) is 0 Å². The average Bonchev–Trinajstić information content (AvgIpc) is 2.78. The fraction of sp³-hybridized carbons (Fsp3) is 0.478. The lowest BCUT2D eigenvalue weighted by molar-refractivity contribution is 0.170. The first-order chi connectivity index (χ1) is 15.7. The molecule has 2 aromatic rings. The molecule has 10 heteroatoms. The van der Waals surface area contributed by atoms with Gasteiger partial charge in [0.25, 0.3) is 0 Å². The van der Waals surface area contributed by atoms with Gasteiger partial charge < -0.3 is 20.3 Å². The topological polar surface area (TPSA) is 104 Å². The Balaban J connectivity index is 1.43. The summed E-state index contributed by atoms with van der Waals surface area (Å²) in [6.07, 6.45) is 1.49. The first kappa shape index (κ1) is 24.9. The molecule has 9 nitrogen and oxygen atoms in total. The molecule has 1 aromatic heterocycles. The van der Waals surface area contributed by atoms with Crippen LogP contribution in [0.5, 0.6) is 5.75 Å². The predicted octanol–water partition coefficient (Wildman–Crippen LogP) is 2.61. The molecule has 2 amide bonds. The number of carbonyl (C=O) groups excluding carboxylic acids is 1. The molecule has 2 heterocycles. The van der Waals surface area contributed by atoms with E-state index >= 15 is 0 Å². The van der Waals surface area contributed by atoms with E-state index < -0.39 is 10.0 Å². The number of piperidine rings is 1. The van der Waals surface area contributed by atoms with Gasteiger partial charge in [-0.25, -0.2) is 13.2 Å². The Bertz CT molecular complexity index is 1030. The molecule has 1 fully saturated rings. The molecule has 1 aliphatic rings. The SMILES string of the molecule is COc1ccc(S(=O)(=O)N(C)C2CCN(CCNC(=O)Nc3cc(C)nc(C)c3)CC2)cc1. The molecule has 1 saturated heterocycles. The number of carbonyl (C=O) groups is 1. The fourth-order valence-electron chi connectivity index (χ4n) is 4.03. The third-order valence-electron chi connectivity index (χ3n) is 5.86. The summed E-state index contributed by atoms with van der Waals surface area (Å²) in [4.78, 5) is 19.0. The number of likely N-dealkylation sites (tertiary alicyclic amines) is 1. The van der Waals surface area contributed by atoms with E-state index in [0.29, 0.717) is 18.8 Å². The number of sulfonamides is 1. The van der Waals surface area contributed by atoms with Crippen molar-refractivity contribution in [2.45, 2.75) is 37.6 Å². The van der Waals surface area contributed by atoms with E-state index in [2.05, 4.69) is 20.5 Å². The number of methoxy groups -OCH3 is 1. The van der Waals surface area contributed by atoms with Crippen LogP contribution in [0.25, 0.3) is 0 Å². The summed E-state index contributed by atoms with van der Waals surface area (Å²) < 4.78 is 32.5. The smallest absolute Gasteiger partial charge is 0.319 e. The van der Waals surface area contributed by atoms with E-state index in [4.69, 9.17) is 4.74 Å². The van der Waals surface area contributed by atoms with Crippen molar-refractivity contribution < 1.29 is 17.9 Å². The summed E-state index contributed by atoms with van der Waals surface area (Å²) in [5.41, 5.74) is 2.43. The Kier molecular flexibility index (Phi) is 8.28. The summed E-state index contributed by atoms with van der Waals surface area (Å²) in [6, 6.07) is 9.81. The molecule has 1 aliphatic heterocycles. The summed E-state index contributed by atoms with van der Waals surface area (Å²) in [6.45, 7) is 6.56. The Hall–Kier alpha value is -2.69. The second-order valence-corrected chi connectivity index (χ2v) is 10.3. The number of rotatable bonds is 8. The number of aromatic nitrogens is 1. The van der Waals surface area contributed by atoms with Crippen LogP contribution in [-0.2, 0) is 10.0 Å². The molecular formula is C23H33N5O4S. The number of anilines is 1. The zero-order chi connectivity index (χ0) is 24.0. The Morgan fingerprint density at radius 1 is 1.15 bits per heavy atom. The number of hydrogen-bond acceptors (Lipinski definition) is 6. The molecule has 2 N–H and O–H groups in total. The molecule has 1 aromatic carbocycles. The number of pyridine rings is 1. The number of nitrogens with zero attached hydrogens (tertiary/aromatic N) is 3. The van der Waals surface area contributed by atoms with Gasteiger partial charge in [-0.2, -0.15) is 4.31 Å². The molecule has 0 saturated carbocycles. The minimum atomic E-state index is -3.56. The highest BCUT2D eigenvalue weighted by Gasteiger charge is 2.30. The lowest BCUT2D eigenvalue weighted by Gasteiger charge is -2.36. The summed E-state index contributed by atoms with van der Waals surface area (Å²) in [5.74, 6) is 0.623. The summed E-state index contributed by atoms with van der Waals surface area (Å²) >= 11 is 0. The van der Waals surface area contributed by atoms with Gasteiger partial charge in [0.15, 0.2) is 0 Å². The van der Waals surface area contributed by atoms with Gasteiger partial charge in [-0.05, 0) is 76.2 Å². The number of benzene rings is 1. The van der Waals surface area contributed by atoms with Gasteiger partial charge in [0.2, 0.25) is 10.0 Å². The quantitative estimate of drug-likeness (QED) is 0.608. The minimum Gasteiger partial charge on any atom is -0.497 e. The van der Waals surface area contributed by atoms with Gasteiger partial charge in [-0.3, -0.25) is 4.98 Å². The first-order valence-corrected chi connectivity index (χ1v) is 12.5. The predicted molar refractivity (Wildman–Crippen MR) is 128 cm³/mol. The van der Waals surface area contributed by atoms with Crippen LogP contribution in [0.1, 0.15) is 24.2 Å². The van der Waals surface area contributed by atoms with Crippen molar-refractivity contribution in [3.05, 3.63) is 47.8 Å². The lowest BCUT2D eigenvalue weighted by Crippen LogP contribution is -2.47. The van der Waals surface area contributed by atoms with Gasteiger partial charge in [-0.1, -0.05) is 0 Å². The van der Waals surface area contributed by atoms with Crippen molar-refractivity contribution in [1.82, 2.24) is 19.5 Å². The molecular weight excluding hydrogens is 442 g/mol. The number of hydrogen-bond donors (Lipinski definition) is 2. The highest BCUT2D eigenvalue weighted by Crippen LogP contribution is 2.24. The van der Waals surface area contributed by atoms with E-state index in [0.717, 1.165) is 43.0 Å². The van der Waals surface area contributed by atoms with Crippen molar-refractivity contribution in [2.75, 3.05) is 45.7 Å². The van der Waals surface area contributed by atoms with E-state index in [1.54, 1.807) is 38.4 Å². The Morgan fingerprint density at radius 2 is 1.76 bits per heavy atom. The molecule has 33 heavy (non-hydrogen) atoms. The molecule has 0 radical (unpaired) electrons. The minimum absolute atomic E-state index is 0.0530. The molecule has 0 spiro atoms. The molecule has 0 bridgehead atoms. The third-order valence-corrected chi connectivity index (χ3v) is 7.78. The largest absolute Gasteiger partial charge is 0.497 e. The highest BCUT2D eigenvalue weighted by molar-refractivity contribution is 7.89. The van der Waals surface area contributed by atoms with E-state index in [9.17, 15) is 13.2 Å². The van der Waals surface area contributed by atoms with Crippen LogP contribution in [-0.4, -0.2) is 75.0 Å². The third kappa shape index (κ3) is 6.66. The Morgan fingerprint density at radius 3 is 2.33 bits per heavy atom. The average molecular weight is 476 g/mol. The number of urea groups is 1. The zero-order valence-electron chi connectivity index (χ0n) is 19.7. The molecule has 0 aliphatic carbocycles. The van der Waals surface area contributed by atoms with Gasteiger partial charge in [0.05, 0.1) is 12.0 Å². The highest BCUT2D eigenvalue weighted by atomic mass is 32.2. The van der Waals surface area contributed by atoms with Gasteiger partial charge in [0, 0.05) is 43.3 Å². The van der Waals surface area contributed by atoms with Crippen molar-refractivity contribution in [2.24, 2.45) is 0 Å². The fourth-order valence-corrected chi connectivity index (χ4v) is 5.44. The summed E-state index contributed by atoms with van der Waals surface area (Å²) in [5, 5.41) is 5.71. The maximum Gasteiger partial charge on any atom is 0.319 e. The summed E-state index contributed by atoms with van der Waals surface area (Å²) in [7, 11) is -0.359. The first-order valence-electron chi connectivity index (χ1n) is 11.0. The second-order valence-electron chi connectivity index (χ2n) is 8.29. The van der Waals surface area contributed by atoms with Crippen LogP contribution >= 0.6 is 0 Å². The van der Waals surface area contributed by atoms with E-state index in [1.165, 1.54) is 4.31 Å². The number of aryl methyl sites for hydroxylation is 2. The molecule has 3 rings (SSSR count). The van der Waals surface area contributed by atoms with Crippen LogP contribution < -0.4 is 15.4 Å². The molecule has 180 valence electrons. The van der Waals surface area contributed by atoms with E-state index in [-0.39, 0.29) is 17.0 Å². The lowest BCUT2D eigenvalue weighted by atomic mass is 10.1. The maximum absolute atomic E-state index is 13.0. The van der Waals surface area contributed by atoms with Gasteiger partial charge >= 0.3 is 6.03 Å². The van der Waals surface area contributed by atoms with Crippen LogP contribution in [0.4, 0.5) is 10.5 Å². The molecule has 0 atom stereocenters. The number of ether oxygens (including phenoxy) is 1. The zero-order valence-corrected chi connectivity index (χ0v) is 20.5. The number of amides is 2. The van der Waals surface area contributed by atoms with Crippen molar-refractivity contribution >= 4 is 21.7 Å². The van der Waals surface area contributed by atoms with Crippen molar-refractivity contribution in [3.63, 3.8) is 0 Å². The normalized spacial score (nSPS) is 15.4. The maximum atomic E-state index is 13.0. The van der Waals surface area contributed by atoms with E-state index in [1.807, 2.05) is 26.0 Å². The number of nitrogens with one attached hydrogen (secondary N) is 2. The second kappa shape index (κ2) is 11.0. The van der Waals surface area contributed by atoms with Crippen LogP contribution in [0.2, 0.25) is 0 Å². The standard InChI is InChI=1S/C23H33N5O4S/c1-17-15-19(16-18(2)25-17)26-23(29)24-11-14-28-12-9-20(10-13-28)27(3)33(30,31)22-7-5-21(32-4)6-8-22/h5-8,15-16,20H,9-14H2,1-4H3,(H2,24,25,26,29).